The second-order valence-electron chi connectivity index (χ2n) is 9.88. The Labute approximate surface area is 289 Å². The van der Waals surface area contributed by atoms with Crippen molar-refractivity contribution in [2.75, 3.05) is 145 Å². The maximum absolute atomic E-state index is 10.6. The van der Waals surface area contributed by atoms with Crippen LogP contribution >= 0.6 is 0 Å². The fourth-order valence-electron chi connectivity index (χ4n) is 3.70. The average molecular weight is 700 g/mol. The van der Waals surface area contributed by atoms with E-state index in [9.17, 15) is 10.1 Å². The number of nitro benzene ring substituents is 1. The zero-order valence-corrected chi connectivity index (χ0v) is 28.4. The summed E-state index contributed by atoms with van der Waals surface area (Å²) in [5.74, 6) is 1.39. The summed E-state index contributed by atoms with van der Waals surface area (Å²) in [6.45, 7) is 10.5. The van der Waals surface area contributed by atoms with E-state index in [-0.39, 0.29) is 5.69 Å². The third-order valence-electron chi connectivity index (χ3n) is 6.13. The summed E-state index contributed by atoms with van der Waals surface area (Å²) in [5, 5.41) is 10.6. The standard InChI is InChI=1S/C34H53NO14/c36-35(37)32-6-8-34(9-7-32)49-31-29-47-27-25-45-23-21-43-19-17-41-15-13-39-11-10-38-12-14-40-16-18-42-20-22-44-24-26-46-28-30-48-33-4-2-1-3-5-33/h1-9H,10-31H2. The Morgan fingerprint density at radius 1 is 0.347 bits per heavy atom. The number of non-ortho nitro benzene ring substituents is 1. The Hall–Kier alpha value is -2.96. The molecule has 0 atom stereocenters. The quantitative estimate of drug-likeness (QED) is 0.0581. The second-order valence-corrected chi connectivity index (χ2v) is 9.88. The summed E-state index contributed by atoms with van der Waals surface area (Å²) in [7, 11) is 0. The van der Waals surface area contributed by atoms with Crippen LogP contribution in [0, 0.1) is 10.1 Å². The number of hydrogen-bond acceptors (Lipinski definition) is 14. The molecule has 0 heterocycles. The SMILES string of the molecule is O=[N+]([O-])c1ccc(OCCOCCOCCOCCOCCOCCOCCOCCOCCOCCOCCOc2ccccc2)cc1. The number of hydrogen-bond donors (Lipinski definition) is 0. The summed E-state index contributed by atoms with van der Waals surface area (Å²) in [6.07, 6.45) is 0. The molecule has 2 aromatic rings. The minimum absolute atomic E-state index is 0.0250. The van der Waals surface area contributed by atoms with Crippen LogP contribution in [0.2, 0.25) is 0 Å². The van der Waals surface area contributed by atoms with Gasteiger partial charge in [-0.2, -0.15) is 0 Å². The van der Waals surface area contributed by atoms with Gasteiger partial charge in [-0.3, -0.25) is 10.1 Å². The van der Waals surface area contributed by atoms with Gasteiger partial charge in [-0.1, -0.05) is 18.2 Å². The van der Waals surface area contributed by atoms with Crippen molar-refractivity contribution < 1.29 is 61.8 Å². The van der Waals surface area contributed by atoms with E-state index in [0.717, 1.165) is 5.75 Å². The molecule has 49 heavy (non-hydrogen) atoms. The van der Waals surface area contributed by atoms with Gasteiger partial charge in [0.2, 0.25) is 0 Å². The van der Waals surface area contributed by atoms with Crippen LogP contribution < -0.4 is 9.47 Å². The lowest BCUT2D eigenvalue weighted by Crippen LogP contribution is -2.15. The zero-order valence-electron chi connectivity index (χ0n) is 28.4. The van der Waals surface area contributed by atoms with Crippen molar-refractivity contribution in [1.29, 1.82) is 0 Å². The summed E-state index contributed by atoms with van der Waals surface area (Å²) in [4.78, 5) is 10.2. The predicted molar refractivity (Wildman–Crippen MR) is 179 cm³/mol. The smallest absolute Gasteiger partial charge is 0.269 e. The van der Waals surface area contributed by atoms with E-state index in [1.54, 1.807) is 12.1 Å². The molecule has 2 aromatic carbocycles. The summed E-state index contributed by atoms with van der Waals surface area (Å²) >= 11 is 0. The molecule has 15 nitrogen and oxygen atoms in total. The van der Waals surface area contributed by atoms with Crippen LogP contribution in [0.3, 0.4) is 0 Å². The molecular weight excluding hydrogens is 646 g/mol. The molecule has 0 aliphatic rings. The molecule has 0 saturated heterocycles. The Morgan fingerprint density at radius 2 is 0.592 bits per heavy atom. The van der Waals surface area contributed by atoms with E-state index < -0.39 is 4.92 Å². The van der Waals surface area contributed by atoms with Crippen molar-refractivity contribution in [2.24, 2.45) is 0 Å². The molecule has 278 valence electrons. The average Bonchev–Trinajstić information content (AvgIpc) is 3.12. The highest BCUT2D eigenvalue weighted by Gasteiger charge is 2.04. The van der Waals surface area contributed by atoms with Crippen LogP contribution in [0.25, 0.3) is 0 Å². The molecule has 15 heteroatoms. The number of para-hydroxylation sites is 1. The maximum Gasteiger partial charge on any atom is 0.269 e. The molecular formula is C34H53NO14. The molecule has 0 aliphatic heterocycles. The minimum Gasteiger partial charge on any atom is -0.491 e. The van der Waals surface area contributed by atoms with E-state index in [1.807, 2.05) is 30.3 Å². The van der Waals surface area contributed by atoms with Gasteiger partial charge in [0.05, 0.1) is 137 Å². The predicted octanol–water partition coefficient (Wildman–Crippen LogP) is 3.22. The lowest BCUT2D eigenvalue weighted by molar-refractivity contribution is -0.384. The fourth-order valence-corrected chi connectivity index (χ4v) is 3.70. The van der Waals surface area contributed by atoms with Gasteiger partial charge in [0.25, 0.3) is 5.69 Å². The van der Waals surface area contributed by atoms with Gasteiger partial charge in [0.15, 0.2) is 0 Å². The van der Waals surface area contributed by atoms with E-state index in [2.05, 4.69) is 0 Å². The summed E-state index contributed by atoms with van der Waals surface area (Å²) in [5.41, 5.74) is 0.0250. The highest BCUT2D eigenvalue weighted by atomic mass is 16.6. The molecule has 0 saturated carbocycles. The third-order valence-corrected chi connectivity index (χ3v) is 6.13. The molecule has 0 aromatic heterocycles. The number of ether oxygens (including phenoxy) is 12. The molecule has 0 unspecified atom stereocenters. The van der Waals surface area contributed by atoms with E-state index in [0.29, 0.717) is 151 Å². The second kappa shape index (κ2) is 32.3. The van der Waals surface area contributed by atoms with Crippen molar-refractivity contribution in [3.05, 3.63) is 64.7 Å². The van der Waals surface area contributed by atoms with Crippen LogP contribution in [-0.4, -0.2) is 150 Å². The Morgan fingerprint density at radius 3 is 0.857 bits per heavy atom. The van der Waals surface area contributed by atoms with Crippen molar-refractivity contribution >= 4 is 5.69 Å². The minimum atomic E-state index is -0.452. The van der Waals surface area contributed by atoms with E-state index in [4.69, 9.17) is 56.8 Å². The van der Waals surface area contributed by atoms with Crippen molar-refractivity contribution in [3.63, 3.8) is 0 Å². The first-order valence-electron chi connectivity index (χ1n) is 16.6. The number of rotatable bonds is 36. The Kier molecular flexibility index (Phi) is 27.8. The molecule has 0 bridgehead atoms. The van der Waals surface area contributed by atoms with Crippen LogP contribution in [0.1, 0.15) is 0 Å². The lowest BCUT2D eigenvalue weighted by Gasteiger charge is -2.09. The van der Waals surface area contributed by atoms with Crippen LogP contribution in [0.4, 0.5) is 5.69 Å². The normalized spacial score (nSPS) is 11.2. The Bertz CT molecular complexity index is 1000. The molecule has 0 radical (unpaired) electrons. The highest BCUT2D eigenvalue weighted by molar-refractivity contribution is 5.35. The van der Waals surface area contributed by atoms with Gasteiger partial charge in [0.1, 0.15) is 24.7 Å². The number of nitro groups is 1. The molecule has 0 N–H and O–H groups in total. The van der Waals surface area contributed by atoms with Crippen LogP contribution in [0.15, 0.2) is 54.6 Å². The lowest BCUT2D eigenvalue weighted by atomic mass is 10.3. The van der Waals surface area contributed by atoms with E-state index in [1.165, 1.54) is 12.1 Å². The fraction of sp³-hybridized carbons (Fsp3) is 0.647. The molecule has 0 spiro atoms. The summed E-state index contributed by atoms with van der Waals surface area (Å²) < 4.78 is 65.7. The first-order valence-corrected chi connectivity index (χ1v) is 16.6. The monoisotopic (exact) mass is 699 g/mol. The van der Waals surface area contributed by atoms with Crippen molar-refractivity contribution in [3.8, 4) is 11.5 Å². The van der Waals surface area contributed by atoms with Gasteiger partial charge >= 0.3 is 0 Å². The van der Waals surface area contributed by atoms with Crippen LogP contribution in [-0.2, 0) is 47.4 Å². The topological polar surface area (TPSA) is 154 Å². The van der Waals surface area contributed by atoms with Crippen molar-refractivity contribution in [2.45, 2.75) is 0 Å². The van der Waals surface area contributed by atoms with E-state index >= 15 is 0 Å². The number of benzene rings is 2. The van der Waals surface area contributed by atoms with Crippen LogP contribution in [0.5, 0.6) is 11.5 Å². The first kappa shape index (κ1) is 42.2. The molecule has 2 rings (SSSR count). The molecule has 0 fully saturated rings. The summed E-state index contributed by atoms with van der Waals surface area (Å²) in [6, 6.07) is 15.6. The van der Waals surface area contributed by atoms with Gasteiger partial charge < -0.3 is 56.8 Å². The zero-order chi connectivity index (χ0) is 34.7. The Balaban J connectivity index is 1.15. The number of nitrogens with zero attached hydrogens (tertiary/aromatic N) is 1. The largest absolute Gasteiger partial charge is 0.491 e. The third kappa shape index (κ3) is 26.6. The molecule has 0 aliphatic carbocycles. The molecule has 0 amide bonds. The van der Waals surface area contributed by atoms with Gasteiger partial charge in [0, 0.05) is 12.1 Å². The van der Waals surface area contributed by atoms with Crippen molar-refractivity contribution in [1.82, 2.24) is 0 Å². The van der Waals surface area contributed by atoms with Gasteiger partial charge in [-0.25, -0.2) is 0 Å². The first-order chi connectivity index (χ1) is 24.3. The van der Waals surface area contributed by atoms with Gasteiger partial charge in [-0.15, -0.1) is 0 Å². The van der Waals surface area contributed by atoms with Gasteiger partial charge in [-0.05, 0) is 24.3 Å². The maximum atomic E-state index is 10.6. The highest BCUT2D eigenvalue weighted by Crippen LogP contribution is 2.17.